The Morgan fingerprint density at radius 2 is 2.08 bits per heavy atom. The second kappa shape index (κ2) is 6.89. The largest absolute Gasteiger partial charge is 0.381 e. The van der Waals surface area contributed by atoms with Gasteiger partial charge in [-0.15, -0.1) is 0 Å². The van der Waals surface area contributed by atoms with Crippen molar-refractivity contribution in [2.75, 3.05) is 19.8 Å². The van der Waals surface area contributed by atoms with E-state index < -0.39 is 0 Å². The van der Waals surface area contributed by atoms with Gasteiger partial charge in [-0.1, -0.05) is 30.3 Å². The summed E-state index contributed by atoms with van der Waals surface area (Å²) in [7, 11) is 1.98. The maximum atomic E-state index is 12.8. The van der Waals surface area contributed by atoms with Crippen LogP contribution in [0.3, 0.4) is 0 Å². The SMILES string of the molecule is Cn1ccc(/C=C/C(=O)N2C[C@H](c3ccccc3)[C@H]3COCC[C@@H]32)c1. The van der Waals surface area contributed by atoms with Gasteiger partial charge in [0.2, 0.25) is 5.91 Å². The summed E-state index contributed by atoms with van der Waals surface area (Å²) in [5.74, 6) is 0.866. The number of rotatable bonds is 3. The zero-order valence-corrected chi connectivity index (χ0v) is 14.5. The second-order valence-corrected chi connectivity index (χ2v) is 7.05. The summed E-state index contributed by atoms with van der Waals surface area (Å²) in [5, 5.41) is 0. The number of benzene rings is 1. The minimum absolute atomic E-state index is 0.110. The normalized spacial score (nSPS) is 26.1. The first-order valence-electron chi connectivity index (χ1n) is 8.96. The average Bonchev–Trinajstić information content (AvgIpc) is 3.24. The fraction of sp³-hybridized carbons (Fsp3) is 0.381. The van der Waals surface area contributed by atoms with Crippen molar-refractivity contribution < 1.29 is 9.53 Å². The summed E-state index contributed by atoms with van der Waals surface area (Å²) >= 11 is 0. The van der Waals surface area contributed by atoms with Gasteiger partial charge in [-0.2, -0.15) is 0 Å². The summed E-state index contributed by atoms with van der Waals surface area (Å²) in [5.41, 5.74) is 2.36. The highest BCUT2D eigenvalue weighted by Gasteiger charge is 2.45. The molecule has 4 heteroatoms. The molecule has 2 aromatic rings. The van der Waals surface area contributed by atoms with Crippen LogP contribution in [0.4, 0.5) is 0 Å². The number of hydrogen-bond donors (Lipinski definition) is 0. The van der Waals surface area contributed by atoms with E-state index in [1.807, 2.05) is 42.2 Å². The van der Waals surface area contributed by atoms with Crippen LogP contribution in [0.5, 0.6) is 0 Å². The van der Waals surface area contributed by atoms with Crippen molar-refractivity contribution >= 4 is 12.0 Å². The molecule has 2 saturated heterocycles. The van der Waals surface area contributed by atoms with Crippen molar-refractivity contribution in [2.24, 2.45) is 13.0 Å². The molecule has 2 aliphatic rings. The van der Waals surface area contributed by atoms with Gasteiger partial charge in [0.15, 0.2) is 0 Å². The third-order valence-corrected chi connectivity index (χ3v) is 5.46. The molecule has 3 heterocycles. The van der Waals surface area contributed by atoms with Crippen LogP contribution in [0.2, 0.25) is 0 Å². The first kappa shape index (κ1) is 16.2. The van der Waals surface area contributed by atoms with Gasteiger partial charge in [-0.25, -0.2) is 0 Å². The third kappa shape index (κ3) is 3.27. The van der Waals surface area contributed by atoms with Gasteiger partial charge in [0.1, 0.15) is 0 Å². The van der Waals surface area contributed by atoms with E-state index in [9.17, 15) is 4.79 Å². The number of aryl methyl sites for hydroxylation is 1. The van der Waals surface area contributed by atoms with E-state index in [-0.39, 0.29) is 11.9 Å². The molecule has 1 amide bonds. The maximum Gasteiger partial charge on any atom is 0.246 e. The van der Waals surface area contributed by atoms with Crippen molar-refractivity contribution in [3.63, 3.8) is 0 Å². The van der Waals surface area contributed by atoms with Crippen molar-refractivity contribution in [2.45, 2.75) is 18.4 Å². The number of carbonyl (C=O) groups is 1. The van der Waals surface area contributed by atoms with Gasteiger partial charge >= 0.3 is 0 Å². The Balaban J connectivity index is 1.54. The zero-order chi connectivity index (χ0) is 17.2. The molecule has 130 valence electrons. The topological polar surface area (TPSA) is 34.5 Å². The number of carbonyl (C=O) groups excluding carboxylic acids is 1. The zero-order valence-electron chi connectivity index (χ0n) is 14.5. The van der Waals surface area contributed by atoms with Crippen LogP contribution >= 0.6 is 0 Å². The van der Waals surface area contributed by atoms with Crippen LogP contribution in [0.15, 0.2) is 54.9 Å². The first-order valence-corrected chi connectivity index (χ1v) is 8.96. The summed E-state index contributed by atoms with van der Waals surface area (Å²) in [6, 6.07) is 12.8. The molecule has 2 aliphatic heterocycles. The lowest BCUT2D eigenvalue weighted by Gasteiger charge is -2.32. The Bertz CT molecular complexity index is 765. The Morgan fingerprint density at radius 1 is 1.24 bits per heavy atom. The van der Waals surface area contributed by atoms with Gasteiger partial charge < -0.3 is 14.2 Å². The summed E-state index contributed by atoms with van der Waals surface area (Å²) in [6.07, 6.45) is 8.55. The van der Waals surface area contributed by atoms with Crippen molar-refractivity contribution in [1.29, 1.82) is 0 Å². The average molecular weight is 336 g/mol. The molecular formula is C21H24N2O2. The monoisotopic (exact) mass is 336 g/mol. The molecule has 0 bridgehead atoms. The van der Waals surface area contributed by atoms with E-state index in [4.69, 9.17) is 4.74 Å². The Kier molecular flexibility index (Phi) is 4.45. The molecule has 3 atom stereocenters. The number of hydrogen-bond acceptors (Lipinski definition) is 2. The van der Waals surface area contributed by atoms with E-state index in [1.165, 1.54) is 5.56 Å². The number of amides is 1. The number of nitrogens with zero attached hydrogens (tertiary/aromatic N) is 2. The third-order valence-electron chi connectivity index (χ3n) is 5.46. The lowest BCUT2D eigenvalue weighted by molar-refractivity contribution is -0.128. The lowest BCUT2D eigenvalue weighted by Crippen LogP contribution is -2.41. The van der Waals surface area contributed by atoms with Crippen LogP contribution in [-0.2, 0) is 16.6 Å². The van der Waals surface area contributed by atoms with Crippen LogP contribution < -0.4 is 0 Å². The molecule has 4 rings (SSSR count). The lowest BCUT2D eigenvalue weighted by atomic mass is 9.84. The van der Waals surface area contributed by atoms with Crippen molar-refractivity contribution in [1.82, 2.24) is 9.47 Å². The van der Waals surface area contributed by atoms with E-state index >= 15 is 0 Å². The molecule has 1 aromatic heterocycles. The maximum absolute atomic E-state index is 12.8. The highest BCUT2D eigenvalue weighted by atomic mass is 16.5. The standard InChI is InChI=1S/C21H24N2O2/c1-22-11-9-16(13-22)7-8-21(24)23-14-18(17-5-3-2-4-6-17)19-15-25-12-10-20(19)23/h2-9,11,13,18-20H,10,12,14-15H2,1H3/b8-7+/t18-,19-,20+/m1/s1. The molecule has 0 N–H and O–H groups in total. The van der Waals surface area contributed by atoms with Crippen LogP contribution in [-0.4, -0.2) is 41.2 Å². The number of fused-ring (bicyclic) bond motifs is 1. The first-order chi connectivity index (χ1) is 12.2. The van der Waals surface area contributed by atoms with Crippen LogP contribution in [0, 0.1) is 5.92 Å². The molecule has 2 fully saturated rings. The minimum atomic E-state index is 0.110. The Labute approximate surface area is 148 Å². The number of likely N-dealkylation sites (tertiary alicyclic amines) is 1. The van der Waals surface area contributed by atoms with Crippen LogP contribution in [0.1, 0.15) is 23.5 Å². The molecule has 0 saturated carbocycles. The number of ether oxygens (including phenoxy) is 1. The van der Waals surface area contributed by atoms with Gasteiger partial charge in [0.25, 0.3) is 0 Å². The van der Waals surface area contributed by atoms with Gasteiger partial charge in [-0.05, 0) is 29.7 Å². The smallest absolute Gasteiger partial charge is 0.246 e. The predicted octanol–water partition coefficient (Wildman–Crippen LogP) is 3.07. The van der Waals surface area contributed by atoms with Crippen LogP contribution in [0.25, 0.3) is 6.08 Å². The predicted molar refractivity (Wildman–Crippen MR) is 98.1 cm³/mol. The molecule has 0 unspecified atom stereocenters. The molecular weight excluding hydrogens is 312 g/mol. The second-order valence-electron chi connectivity index (χ2n) is 7.05. The fourth-order valence-electron chi connectivity index (χ4n) is 4.20. The summed E-state index contributed by atoms with van der Waals surface area (Å²) < 4.78 is 7.72. The van der Waals surface area contributed by atoms with E-state index in [2.05, 4.69) is 29.2 Å². The summed E-state index contributed by atoms with van der Waals surface area (Å²) in [6.45, 7) is 2.27. The van der Waals surface area contributed by atoms with E-state index in [1.54, 1.807) is 6.08 Å². The van der Waals surface area contributed by atoms with Gasteiger partial charge in [-0.3, -0.25) is 4.79 Å². The van der Waals surface area contributed by atoms with Gasteiger partial charge in [0, 0.05) is 56.5 Å². The van der Waals surface area contributed by atoms with E-state index in [0.29, 0.717) is 11.8 Å². The van der Waals surface area contributed by atoms with Gasteiger partial charge in [0.05, 0.1) is 6.61 Å². The highest BCUT2D eigenvalue weighted by molar-refractivity contribution is 5.92. The fourth-order valence-corrected chi connectivity index (χ4v) is 4.20. The molecule has 0 spiro atoms. The Morgan fingerprint density at radius 3 is 2.84 bits per heavy atom. The molecule has 0 radical (unpaired) electrons. The quantitative estimate of drug-likeness (QED) is 0.808. The molecule has 4 nitrogen and oxygen atoms in total. The molecule has 25 heavy (non-hydrogen) atoms. The summed E-state index contributed by atoms with van der Waals surface area (Å²) in [4.78, 5) is 14.9. The molecule has 1 aromatic carbocycles. The number of aromatic nitrogens is 1. The highest BCUT2D eigenvalue weighted by Crippen LogP contribution is 2.40. The minimum Gasteiger partial charge on any atom is -0.381 e. The molecule has 0 aliphatic carbocycles. The Hall–Kier alpha value is -2.33. The van der Waals surface area contributed by atoms with Crippen molar-refractivity contribution in [3.05, 3.63) is 66.0 Å². The van der Waals surface area contributed by atoms with Crippen molar-refractivity contribution in [3.8, 4) is 0 Å². The van der Waals surface area contributed by atoms with E-state index in [0.717, 1.165) is 31.7 Å².